The van der Waals surface area contributed by atoms with Crippen LogP contribution in [0.1, 0.15) is 35.3 Å². The molecule has 0 atom stereocenters. The van der Waals surface area contributed by atoms with Gasteiger partial charge in [0.25, 0.3) is 0 Å². The molecule has 1 heterocycles. The van der Waals surface area contributed by atoms with Gasteiger partial charge in [0.1, 0.15) is 11.5 Å². The maximum atomic E-state index is 9.37. The van der Waals surface area contributed by atoms with Crippen LogP contribution in [0.4, 0.5) is 0 Å². The van der Waals surface area contributed by atoms with E-state index < -0.39 is 0 Å². The van der Waals surface area contributed by atoms with Gasteiger partial charge in [0.15, 0.2) is 0 Å². The van der Waals surface area contributed by atoms with Crippen molar-refractivity contribution in [3.63, 3.8) is 0 Å². The lowest BCUT2D eigenvalue weighted by Gasteiger charge is -2.06. The van der Waals surface area contributed by atoms with Gasteiger partial charge in [-0.25, -0.2) is 4.98 Å². The lowest BCUT2D eigenvalue weighted by atomic mass is 10.1. The summed E-state index contributed by atoms with van der Waals surface area (Å²) in [4.78, 5) is 5.56. The molecule has 2 aromatic rings. The summed E-state index contributed by atoms with van der Waals surface area (Å²) in [6, 6.07) is 7.55. The van der Waals surface area contributed by atoms with Crippen LogP contribution in [0.2, 0.25) is 0 Å². The summed E-state index contributed by atoms with van der Waals surface area (Å²) in [5.74, 6) is 1.90. The van der Waals surface area contributed by atoms with Gasteiger partial charge in [0.2, 0.25) is 0 Å². The zero-order chi connectivity index (χ0) is 15.2. The van der Waals surface area contributed by atoms with E-state index in [1.165, 1.54) is 0 Å². The van der Waals surface area contributed by atoms with Crippen molar-refractivity contribution in [3.05, 3.63) is 39.8 Å². The van der Waals surface area contributed by atoms with Crippen molar-refractivity contribution in [1.82, 2.24) is 4.98 Å². The number of methoxy groups -OCH3 is 1. The molecule has 0 bridgehead atoms. The molecule has 0 unspecified atom stereocenters. The van der Waals surface area contributed by atoms with Gasteiger partial charge in [-0.05, 0) is 18.1 Å². The fourth-order valence-electron chi connectivity index (χ4n) is 2.03. The van der Waals surface area contributed by atoms with Gasteiger partial charge in [0, 0.05) is 12.5 Å². The number of benzene rings is 1. The van der Waals surface area contributed by atoms with Crippen LogP contribution in [0.5, 0.6) is 11.5 Å². The zero-order valence-corrected chi connectivity index (χ0v) is 13.4. The van der Waals surface area contributed by atoms with E-state index in [1.54, 1.807) is 18.4 Å². The van der Waals surface area contributed by atoms with Crippen molar-refractivity contribution in [2.24, 2.45) is 0 Å². The minimum atomic E-state index is 0.0575. The van der Waals surface area contributed by atoms with Crippen molar-refractivity contribution < 1.29 is 14.6 Å². The molecule has 4 nitrogen and oxygen atoms in total. The van der Waals surface area contributed by atoms with Crippen LogP contribution in [0.15, 0.2) is 24.3 Å². The summed E-state index contributed by atoms with van der Waals surface area (Å²) < 4.78 is 10.9. The molecule has 2 rings (SSSR count). The van der Waals surface area contributed by atoms with E-state index in [4.69, 9.17) is 9.47 Å². The van der Waals surface area contributed by atoms with Crippen LogP contribution >= 0.6 is 11.3 Å². The minimum Gasteiger partial charge on any atom is -0.497 e. The van der Waals surface area contributed by atoms with Gasteiger partial charge in [-0.3, -0.25) is 0 Å². The number of thiazole rings is 1. The number of hydrogen-bond acceptors (Lipinski definition) is 5. The fourth-order valence-corrected chi connectivity index (χ4v) is 3.10. The third kappa shape index (κ3) is 4.19. The number of aliphatic hydroxyl groups excluding tert-OH is 1. The van der Waals surface area contributed by atoms with Crippen LogP contribution in [0, 0.1) is 0 Å². The van der Waals surface area contributed by atoms with Crippen LogP contribution in [-0.2, 0) is 13.0 Å². The van der Waals surface area contributed by atoms with Crippen LogP contribution < -0.4 is 9.47 Å². The molecule has 0 fully saturated rings. The Morgan fingerprint density at radius 3 is 2.67 bits per heavy atom. The van der Waals surface area contributed by atoms with Crippen LogP contribution in [0.25, 0.3) is 0 Å². The first-order valence-electron chi connectivity index (χ1n) is 7.00. The Balaban J connectivity index is 1.94. The van der Waals surface area contributed by atoms with Crippen molar-refractivity contribution in [2.45, 2.75) is 32.8 Å². The molecular formula is C16H21NO3S. The molecule has 0 spiro atoms. The Labute approximate surface area is 129 Å². The Morgan fingerprint density at radius 1 is 1.29 bits per heavy atom. The standard InChI is InChI=1S/C16H21NO3S/c1-11(2)16-14(10-18)21-15(17-16)7-8-20-13-6-4-5-12(9-13)19-3/h4-6,9,11,18H,7-8,10H2,1-3H3. The van der Waals surface area contributed by atoms with E-state index >= 15 is 0 Å². The summed E-state index contributed by atoms with van der Waals surface area (Å²) in [7, 11) is 1.64. The predicted octanol–water partition coefficient (Wildman–Crippen LogP) is 3.39. The fraction of sp³-hybridized carbons (Fsp3) is 0.438. The smallest absolute Gasteiger partial charge is 0.123 e. The average molecular weight is 307 g/mol. The number of aliphatic hydroxyl groups is 1. The molecule has 0 aliphatic carbocycles. The highest BCUT2D eigenvalue weighted by molar-refractivity contribution is 7.11. The maximum Gasteiger partial charge on any atom is 0.123 e. The monoisotopic (exact) mass is 307 g/mol. The number of ether oxygens (including phenoxy) is 2. The summed E-state index contributed by atoms with van der Waals surface area (Å²) >= 11 is 1.56. The average Bonchev–Trinajstić information content (AvgIpc) is 2.91. The molecule has 1 aromatic heterocycles. The Hall–Kier alpha value is -1.59. The number of rotatable bonds is 7. The van der Waals surface area contributed by atoms with E-state index in [1.807, 2.05) is 24.3 Å². The summed E-state index contributed by atoms with van der Waals surface area (Å²) in [5.41, 5.74) is 0.999. The number of aromatic nitrogens is 1. The number of hydrogen-bond donors (Lipinski definition) is 1. The van der Waals surface area contributed by atoms with Crippen molar-refractivity contribution in [1.29, 1.82) is 0 Å². The molecule has 114 valence electrons. The lowest BCUT2D eigenvalue weighted by molar-refractivity contribution is 0.283. The SMILES string of the molecule is COc1cccc(OCCc2nc(C(C)C)c(CO)s2)c1. The molecular weight excluding hydrogens is 286 g/mol. The zero-order valence-electron chi connectivity index (χ0n) is 12.6. The summed E-state index contributed by atoms with van der Waals surface area (Å²) in [6.45, 7) is 4.79. The molecule has 0 radical (unpaired) electrons. The van der Waals surface area contributed by atoms with Crippen molar-refractivity contribution in [3.8, 4) is 11.5 Å². The predicted molar refractivity (Wildman–Crippen MR) is 84.3 cm³/mol. The van der Waals surface area contributed by atoms with Gasteiger partial charge < -0.3 is 14.6 Å². The van der Waals surface area contributed by atoms with Crippen LogP contribution in [0.3, 0.4) is 0 Å². The number of nitrogens with zero attached hydrogens (tertiary/aromatic N) is 1. The van der Waals surface area contributed by atoms with Gasteiger partial charge in [0.05, 0.1) is 35.9 Å². The van der Waals surface area contributed by atoms with E-state index in [-0.39, 0.29) is 6.61 Å². The normalized spacial score (nSPS) is 10.9. The molecule has 1 N–H and O–H groups in total. The minimum absolute atomic E-state index is 0.0575. The topological polar surface area (TPSA) is 51.6 Å². The summed E-state index contributed by atoms with van der Waals surface area (Å²) in [5, 5.41) is 10.4. The second-order valence-electron chi connectivity index (χ2n) is 5.01. The third-order valence-electron chi connectivity index (χ3n) is 3.09. The van der Waals surface area contributed by atoms with Crippen molar-refractivity contribution >= 4 is 11.3 Å². The molecule has 5 heteroatoms. The molecule has 21 heavy (non-hydrogen) atoms. The first-order chi connectivity index (χ1) is 10.1. The van der Waals surface area contributed by atoms with Gasteiger partial charge in [-0.1, -0.05) is 19.9 Å². The quantitative estimate of drug-likeness (QED) is 0.852. The molecule has 0 saturated heterocycles. The van der Waals surface area contributed by atoms with Crippen molar-refractivity contribution in [2.75, 3.05) is 13.7 Å². The highest BCUT2D eigenvalue weighted by Crippen LogP contribution is 2.26. The third-order valence-corrected chi connectivity index (χ3v) is 4.20. The Kier molecular flexibility index (Phi) is 5.59. The van der Waals surface area contributed by atoms with Crippen LogP contribution in [-0.4, -0.2) is 23.8 Å². The first-order valence-corrected chi connectivity index (χ1v) is 7.82. The highest BCUT2D eigenvalue weighted by atomic mass is 32.1. The molecule has 0 saturated carbocycles. The molecule has 1 aromatic carbocycles. The van der Waals surface area contributed by atoms with E-state index in [0.717, 1.165) is 33.5 Å². The maximum absolute atomic E-state index is 9.37. The second kappa shape index (κ2) is 7.43. The van der Waals surface area contributed by atoms with Gasteiger partial charge in [-0.2, -0.15) is 0 Å². The van der Waals surface area contributed by atoms with E-state index in [0.29, 0.717) is 12.5 Å². The molecule has 0 amide bonds. The Morgan fingerprint density at radius 2 is 2.05 bits per heavy atom. The first kappa shape index (κ1) is 15.8. The summed E-state index contributed by atoms with van der Waals surface area (Å²) in [6.07, 6.45) is 0.738. The lowest BCUT2D eigenvalue weighted by Crippen LogP contribution is -2.01. The highest BCUT2D eigenvalue weighted by Gasteiger charge is 2.13. The molecule has 0 aliphatic rings. The second-order valence-corrected chi connectivity index (χ2v) is 6.17. The van der Waals surface area contributed by atoms with E-state index in [2.05, 4.69) is 18.8 Å². The Bertz CT molecular complexity index is 581. The van der Waals surface area contributed by atoms with Gasteiger partial charge >= 0.3 is 0 Å². The van der Waals surface area contributed by atoms with E-state index in [9.17, 15) is 5.11 Å². The largest absolute Gasteiger partial charge is 0.497 e. The molecule has 0 aliphatic heterocycles. The van der Waals surface area contributed by atoms with Gasteiger partial charge in [-0.15, -0.1) is 11.3 Å².